The van der Waals surface area contributed by atoms with Crippen LogP contribution in [0.4, 0.5) is 5.69 Å². The average molecular weight is 371 g/mol. The second kappa shape index (κ2) is 6.50. The Balaban J connectivity index is 1.76. The third-order valence-electron chi connectivity index (χ3n) is 4.32. The van der Waals surface area contributed by atoms with Gasteiger partial charge in [-0.25, -0.2) is 0 Å². The number of nitrogens with one attached hydrogen (secondary N) is 1. The van der Waals surface area contributed by atoms with Crippen LogP contribution < -0.4 is 10.1 Å². The lowest BCUT2D eigenvalue weighted by atomic mass is 9.89. The van der Waals surface area contributed by atoms with E-state index in [2.05, 4.69) is 9.69 Å². The number of anilines is 1. The molecule has 1 aliphatic heterocycles. The van der Waals surface area contributed by atoms with Crippen molar-refractivity contribution in [2.45, 2.75) is 12.3 Å². The lowest BCUT2D eigenvalue weighted by Gasteiger charge is -2.23. The lowest BCUT2D eigenvalue weighted by molar-refractivity contribution is -0.116. The SMILES string of the molecule is COc1ccc(-c2nsc3c2NC(=O)CC3c2ccc(Cl)cc2)cc1. The van der Waals surface area contributed by atoms with Crippen molar-refractivity contribution < 1.29 is 9.53 Å². The standard InChI is InChI=1S/C19H15ClN2O2S/c1-24-14-8-4-12(5-9-14)17-18-19(25-22-17)15(10-16(23)21-18)11-2-6-13(20)7-3-11/h2-9,15H,10H2,1H3,(H,21,23). The van der Waals surface area contributed by atoms with Gasteiger partial charge in [0, 0.05) is 22.9 Å². The largest absolute Gasteiger partial charge is 0.497 e. The highest BCUT2D eigenvalue weighted by molar-refractivity contribution is 7.07. The van der Waals surface area contributed by atoms with Gasteiger partial charge in [0.05, 0.1) is 17.7 Å². The van der Waals surface area contributed by atoms with Crippen LogP contribution in [0.25, 0.3) is 11.3 Å². The number of rotatable bonds is 3. The number of amides is 1. The van der Waals surface area contributed by atoms with E-state index in [0.29, 0.717) is 11.4 Å². The summed E-state index contributed by atoms with van der Waals surface area (Å²) >= 11 is 7.43. The Kier molecular flexibility index (Phi) is 4.19. The molecule has 2 heterocycles. The van der Waals surface area contributed by atoms with Crippen molar-refractivity contribution >= 4 is 34.7 Å². The van der Waals surface area contributed by atoms with Gasteiger partial charge in [0.25, 0.3) is 0 Å². The van der Waals surface area contributed by atoms with Crippen molar-refractivity contribution in [3.8, 4) is 17.0 Å². The minimum absolute atomic E-state index is 0.00223. The Morgan fingerprint density at radius 1 is 1.16 bits per heavy atom. The molecule has 6 heteroatoms. The van der Waals surface area contributed by atoms with Gasteiger partial charge < -0.3 is 10.1 Å². The van der Waals surface area contributed by atoms with E-state index >= 15 is 0 Å². The van der Waals surface area contributed by atoms with E-state index in [9.17, 15) is 4.79 Å². The molecule has 1 amide bonds. The van der Waals surface area contributed by atoms with Crippen LogP contribution in [0.15, 0.2) is 48.5 Å². The van der Waals surface area contributed by atoms with E-state index in [1.807, 2.05) is 48.5 Å². The molecular weight excluding hydrogens is 356 g/mol. The molecule has 0 aliphatic carbocycles. The number of carbonyl (C=O) groups excluding carboxylic acids is 1. The second-order valence-corrected chi connectivity index (χ2v) is 7.10. The molecule has 25 heavy (non-hydrogen) atoms. The molecule has 1 N–H and O–H groups in total. The van der Waals surface area contributed by atoms with E-state index in [-0.39, 0.29) is 11.8 Å². The maximum Gasteiger partial charge on any atom is 0.225 e. The number of hydrogen-bond donors (Lipinski definition) is 1. The monoisotopic (exact) mass is 370 g/mol. The first-order valence-electron chi connectivity index (χ1n) is 7.85. The third-order valence-corrected chi connectivity index (χ3v) is 5.54. The first-order chi connectivity index (χ1) is 12.2. The van der Waals surface area contributed by atoms with Gasteiger partial charge in [-0.1, -0.05) is 23.7 Å². The van der Waals surface area contributed by atoms with Crippen LogP contribution >= 0.6 is 23.1 Å². The Labute approximate surface area is 154 Å². The van der Waals surface area contributed by atoms with Crippen LogP contribution in [0.2, 0.25) is 5.02 Å². The van der Waals surface area contributed by atoms with Crippen LogP contribution in [0.5, 0.6) is 5.75 Å². The molecule has 0 saturated carbocycles. The average Bonchev–Trinajstić information content (AvgIpc) is 3.05. The molecule has 0 radical (unpaired) electrons. The zero-order valence-electron chi connectivity index (χ0n) is 13.5. The van der Waals surface area contributed by atoms with Crippen LogP contribution in [-0.2, 0) is 4.79 Å². The number of halogens is 1. The normalized spacial score (nSPS) is 16.2. The van der Waals surface area contributed by atoms with Gasteiger partial charge in [0.1, 0.15) is 11.4 Å². The van der Waals surface area contributed by atoms with Crippen molar-refractivity contribution in [1.82, 2.24) is 4.37 Å². The summed E-state index contributed by atoms with van der Waals surface area (Å²) in [5.41, 5.74) is 3.64. The maximum atomic E-state index is 12.3. The number of nitrogens with zero attached hydrogens (tertiary/aromatic N) is 1. The van der Waals surface area contributed by atoms with Gasteiger partial charge in [-0.3, -0.25) is 4.79 Å². The fourth-order valence-electron chi connectivity index (χ4n) is 3.04. The maximum absolute atomic E-state index is 12.3. The summed E-state index contributed by atoms with van der Waals surface area (Å²) in [7, 11) is 1.64. The Morgan fingerprint density at radius 3 is 2.56 bits per heavy atom. The van der Waals surface area contributed by atoms with Crippen LogP contribution in [0, 0.1) is 0 Å². The molecule has 0 spiro atoms. The second-order valence-electron chi connectivity index (χ2n) is 5.86. The highest BCUT2D eigenvalue weighted by Crippen LogP contribution is 2.44. The molecule has 1 aliphatic rings. The Hall–Kier alpha value is -2.37. The smallest absolute Gasteiger partial charge is 0.225 e. The highest BCUT2D eigenvalue weighted by atomic mass is 35.5. The Bertz CT molecular complexity index is 920. The minimum atomic E-state index is 0.00223. The number of aromatic nitrogens is 1. The summed E-state index contributed by atoms with van der Waals surface area (Å²) in [6, 6.07) is 15.3. The zero-order chi connectivity index (χ0) is 17.4. The molecule has 1 aromatic heterocycles. The van der Waals surface area contributed by atoms with E-state index in [1.54, 1.807) is 7.11 Å². The van der Waals surface area contributed by atoms with Crippen molar-refractivity contribution in [1.29, 1.82) is 0 Å². The molecule has 0 fully saturated rings. The van der Waals surface area contributed by atoms with Gasteiger partial charge in [-0.2, -0.15) is 4.37 Å². The molecule has 1 unspecified atom stereocenters. The summed E-state index contributed by atoms with van der Waals surface area (Å²) in [5, 5.41) is 3.69. The molecule has 1 atom stereocenters. The summed E-state index contributed by atoms with van der Waals surface area (Å²) in [6.07, 6.45) is 0.416. The van der Waals surface area contributed by atoms with Gasteiger partial charge in [0.2, 0.25) is 5.91 Å². The number of benzene rings is 2. The van der Waals surface area contributed by atoms with Gasteiger partial charge in [-0.15, -0.1) is 0 Å². The van der Waals surface area contributed by atoms with E-state index < -0.39 is 0 Å². The molecule has 4 nitrogen and oxygen atoms in total. The van der Waals surface area contributed by atoms with E-state index in [4.69, 9.17) is 16.3 Å². The van der Waals surface area contributed by atoms with Crippen LogP contribution in [0.1, 0.15) is 22.8 Å². The fraction of sp³-hybridized carbons (Fsp3) is 0.158. The summed E-state index contributed by atoms with van der Waals surface area (Å²) < 4.78 is 9.81. The molecule has 3 aromatic rings. The molecule has 2 aromatic carbocycles. The van der Waals surface area contributed by atoms with Crippen molar-refractivity contribution in [3.05, 3.63) is 64.0 Å². The van der Waals surface area contributed by atoms with E-state index in [1.165, 1.54) is 11.5 Å². The van der Waals surface area contributed by atoms with Crippen molar-refractivity contribution in [2.24, 2.45) is 0 Å². The minimum Gasteiger partial charge on any atom is -0.497 e. The molecular formula is C19H15ClN2O2S. The fourth-order valence-corrected chi connectivity index (χ4v) is 4.14. The van der Waals surface area contributed by atoms with Gasteiger partial charge >= 0.3 is 0 Å². The van der Waals surface area contributed by atoms with Crippen LogP contribution in [0.3, 0.4) is 0 Å². The van der Waals surface area contributed by atoms with Crippen molar-refractivity contribution in [3.63, 3.8) is 0 Å². The highest BCUT2D eigenvalue weighted by Gasteiger charge is 2.31. The molecule has 0 saturated heterocycles. The molecule has 0 bridgehead atoms. The van der Waals surface area contributed by atoms with Crippen molar-refractivity contribution in [2.75, 3.05) is 12.4 Å². The number of fused-ring (bicyclic) bond motifs is 1. The quantitative estimate of drug-likeness (QED) is 0.710. The topological polar surface area (TPSA) is 51.2 Å². The molecule has 4 rings (SSSR count). The predicted molar refractivity (Wildman–Crippen MR) is 101 cm³/mol. The third kappa shape index (κ3) is 3.01. The van der Waals surface area contributed by atoms with Crippen LogP contribution in [-0.4, -0.2) is 17.4 Å². The summed E-state index contributed by atoms with van der Waals surface area (Å²) in [4.78, 5) is 13.4. The number of ether oxygens (including phenoxy) is 1. The lowest BCUT2D eigenvalue weighted by Crippen LogP contribution is -2.22. The van der Waals surface area contributed by atoms with Gasteiger partial charge in [0.15, 0.2) is 0 Å². The summed E-state index contributed by atoms with van der Waals surface area (Å²) in [6.45, 7) is 0. The number of carbonyl (C=O) groups is 1. The van der Waals surface area contributed by atoms with Gasteiger partial charge in [-0.05, 0) is 53.5 Å². The number of hydrogen-bond acceptors (Lipinski definition) is 4. The molecule has 126 valence electrons. The predicted octanol–water partition coefficient (Wildman–Crippen LogP) is 4.95. The number of methoxy groups -OCH3 is 1. The Morgan fingerprint density at radius 2 is 1.88 bits per heavy atom. The summed E-state index contributed by atoms with van der Waals surface area (Å²) in [5.74, 6) is 0.795. The zero-order valence-corrected chi connectivity index (χ0v) is 15.0. The first-order valence-corrected chi connectivity index (χ1v) is 9.00. The first kappa shape index (κ1) is 16.1. The van der Waals surface area contributed by atoms with E-state index in [0.717, 1.165) is 33.1 Å².